The Balaban J connectivity index is 2.16. The van der Waals surface area contributed by atoms with Gasteiger partial charge in [-0.1, -0.05) is 12.2 Å². The molecule has 0 radical (unpaired) electrons. The number of hydrogen-bond acceptors (Lipinski definition) is 4. The van der Waals surface area contributed by atoms with E-state index in [-0.39, 0.29) is 0 Å². The van der Waals surface area contributed by atoms with Crippen molar-refractivity contribution in [2.45, 2.75) is 6.42 Å². The summed E-state index contributed by atoms with van der Waals surface area (Å²) in [6.45, 7) is 0. The van der Waals surface area contributed by atoms with Gasteiger partial charge in [-0.15, -0.1) is 0 Å². The molecule has 3 rings (SSSR count). The maximum atomic E-state index is 11.2. The summed E-state index contributed by atoms with van der Waals surface area (Å²) in [6.07, 6.45) is 10.8. The maximum Gasteiger partial charge on any atom is 0.244 e. The number of nitrogens with zero attached hydrogens (tertiary/aromatic N) is 3. The molecule has 0 bridgehead atoms. The third kappa shape index (κ3) is 1.66. The summed E-state index contributed by atoms with van der Waals surface area (Å²) in [7, 11) is 0. The van der Waals surface area contributed by atoms with E-state index in [0.29, 0.717) is 12.0 Å². The minimum atomic E-state index is -0.401. The highest BCUT2D eigenvalue weighted by molar-refractivity contribution is 5.99. The summed E-state index contributed by atoms with van der Waals surface area (Å²) >= 11 is 0. The second kappa shape index (κ2) is 4.03. The number of carbonyl (C=O) groups is 1. The van der Waals surface area contributed by atoms with Crippen molar-refractivity contribution in [3.05, 3.63) is 53.3 Å². The molecule has 2 heterocycles. The van der Waals surface area contributed by atoms with Crippen molar-refractivity contribution in [1.29, 1.82) is 0 Å². The zero-order valence-electron chi connectivity index (χ0n) is 9.50. The average molecular weight is 238 g/mol. The van der Waals surface area contributed by atoms with Crippen molar-refractivity contribution >= 4 is 17.7 Å². The van der Waals surface area contributed by atoms with Gasteiger partial charge in [-0.05, 0) is 5.57 Å². The van der Waals surface area contributed by atoms with Gasteiger partial charge in [0, 0.05) is 41.7 Å². The van der Waals surface area contributed by atoms with Gasteiger partial charge in [0.2, 0.25) is 5.91 Å². The highest BCUT2D eigenvalue weighted by Gasteiger charge is 2.20. The number of nitrogens with two attached hydrogens (primary N) is 1. The topological polar surface area (TPSA) is 81.2 Å². The van der Waals surface area contributed by atoms with Gasteiger partial charge in [0.05, 0.1) is 5.69 Å². The van der Waals surface area contributed by atoms with Gasteiger partial charge in [0.1, 0.15) is 6.33 Å². The van der Waals surface area contributed by atoms with E-state index < -0.39 is 5.91 Å². The molecule has 1 aromatic rings. The number of primary amides is 1. The summed E-state index contributed by atoms with van der Waals surface area (Å²) in [6, 6.07) is 0. The molecule has 0 saturated carbocycles. The predicted octanol–water partition coefficient (Wildman–Crippen LogP) is 0.992. The maximum absolute atomic E-state index is 11.2. The Bertz CT molecular complexity index is 653. The van der Waals surface area contributed by atoms with Crippen LogP contribution in [0.15, 0.2) is 47.0 Å². The molecule has 0 fully saturated rings. The molecule has 18 heavy (non-hydrogen) atoms. The molecule has 2 N–H and O–H groups in total. The number of aliphatic imine (C=N–C) groups is 1. The molecule has 0 atom stereocenters. The summed E-state index contributed by atoms with van der Waals surface area (Å²) in [5, 5.41) is 0. The van der Waals surface area contributed by atoms with E-state index in [9.17, 15) is 4.79 Å². The van der Waals surface area contributed by atoms with Gasteiger partial charge >= 0.3 is 0 Å². The molecular formula is C13H10N4O. The molecular weight excluding hydrogens is 228 g/mol. The fourth-order valence-corrected chi connectivity index (χ4v) is 2.03. The first-order chi connectivity index (χ1) is 8.75. The molecule has 2 aliphatic rings. The standard InChI is InChI=1S/C13H10N4O/c14-13(18)8-1-2-11-9(3-8)4-15-5-10-6-16-7-17-12(10)11/h1-2,4-7H,3H2,(H2,14,18). The fraction of sp³-hybridized carbons (Fsp3) is 0.0769. The molecule has 88 valence electrons. The van der Waals surface area contributed by atoms with Crippen LogP contribution in [0.5, 0.6) is 0 Å². The van der Waals surface area contributed by atoms with Crippen LogP contribution in [-0.4, -0.2) is 22.1 Å². The summed E-state index contributed by atoms with van der Waals surface area (Å²) in [4.78, 5) is 23.7. The predicted molar refractivity (Wildman–Crippen MR) is 67.6 cm³/mol. The second-order valence-electron chi connectivity index (χ2n) is 4.07. The van der Waals surface area contributed by atoms with E-state index in [1.165, 1.54) is 6.33 Å². The second-order valence-corrected chi connectivity index (χ2v) is 4.07. The van der Waals surface area contributed by atoms with Gasteiger partial charge in [-0.3, -0.25) is 9.79 Å². The summed E-state index contributed by atoms with van der Waals surface area (Å²) < 4.78 is 0. The Morgan fingerprint density at radius 1 is 1.33 bits per heavy atom. The van der Waals surface area contributed by atoms with Crippen molar-refractivity contribution in [2.75, 3.05) is 0 Å². The van der Waals surface area contributed by atoms with E-state index in [2.05, 4.69) is 15.0 Å². The Morgan fingerprint density at radius 3 is 3.06 bits per heavy atom. The lowest BCUT2D eigenvalue weighted by atomic mass is 9.90. The molecule has 5 nitrogen and oxygen atoms in total. The highest BCUT2D eigenvalue weighted by atomic mass is 16.1. The minimum Gasteiger partial charge on any atom is -0.366 e. The van der Waals surface area contributed by atoms with Crippen LogP contribution in [-0.2, 0) is 4.79 Å². The van der Waals surface area contributed by atoms with Crippen molar-refractivity contribution in [1.82, 2.24) is 9.97 Å². The monoisotopic (exact) mass is 238 g/mol. The third-order valence-electron chi connectivity index (χ3n) is 2.93. The lowest BCUT2D eigenvalue weighted by molar-refractivity contribution is -0.114. The van der Waals surface area contributed by atoms with E-state index in [1.807, 2.05) is 6.08 Å². The molecule has 0 aromatic carbocycles. The lowest BCUT2D eigenvalue weighted by Gasteiger charge is -2.15. The van der Waals surface area contributed by atoms with Crippen LogP contribution in [0.1, 0.15) is 17.7 Å². The van der Waals surface area contributed by atoms with Gasteiger partial charge < -0.3 is 5.73 Å². The van der Waals surface area contributed by atoms with Crippen molar-refractivity contribution in [3.8, 4) is 0 Å². The number of allylic oxidation sites excluding steroid dienone is 4. The first-order valence-corrected chi connectivity index (χ1v) is 5.49. The Morgan fingerprint density at radius 2 is 2.22 bits per heavy atom. The van der Waals surface area contributed by atoms with E-state index in [0.717, 1.165) is 22.4 Å². The largest absolute Gasteiger partial charge is 0.366 e. The van der Waals surface area contributed by atoms with Crippen LogP contribution in [0.4, 0.5) is 0 Å². The number of carbonyl (C=O) groups excluding carboxylic acids is 1. The molecule has 0 saturated heterocycles. The highest BCUT2D eigenvalue weighted by Crippen LogP contribution is 2.33. The number of amides is 1. The molecule has 1 aliphatic carbocycles. The number of aromatic nitrogens is 2. The molecule has 1 aromatic heterocycles. The fourth-order valence-electron chi connectivity index (χ4n) is 2.03. The van der Waals surface area contributed by atoms with Crippen LogP contribution in [0.25, 0.3) is 5.57 Å². The van der Waals surface area contributed by atoms with Crippen LogP contribution < -0.4 is 5.73 Å². The summed E-state index contributed by atoms with van der Waals surface area (Å²) in [5.74, 6) is -0.401. The molecule has 1 aliphatic heterocycles. The van der Waals surface area contributed by atoms with E-state index in [4.69, 9.17) is 5.73 Å². The normalized spacial score (nSPS) is 16.8. The van der Waals surface area contributed by atoms with Crippen LogP contribution >= 0.6 is 0 Å². The van der Waals surface area contributed by atoms with Gasteiger partial charge in [-0.2, -0.15) is 0 Å². The van der Waals surface area contributed by atoms with Crippen LogP contribution in [0.3, 0.4) is 0 Å². The lowest BCUT2D eigenvalue weighted by Crippen LogP contribution is -2.16. The SMILES string of the molecule is NC(=O)C1=CC=C2C(=CN=Cc3cncnc32)C1. The first kappa shape index (κ1) is 10.6. The molecule has 0 unspecified atom stereocenters. The van der Waals surface area contributed by atoms with Crippen LogP contribution in [0.2, 0.25) is 0 Å². The first-order valence-electron chi connectivity index (χ1n) is 5.49. The quantitative estimate of drug-likeness (QED) is 0.792. The minimum absolute atomic E-state index is 0.401. The number of hydrogen-bond donors (Lipinski definition) is 1. The van der Waals surface area contributed by atoms with Gasteiger partial charge in [-0.25, -0.2) is 9.97 Å². The van der Waals surface area contributed by atoms with Crippen molar-refractivity contribution in [3.63, 3.8) is 0 Å². The molecule has 1 amide bonds. The van der Waals surface area contributed by atoms with E-state index >= 15 is 0 Å². The van der Waals surface area contributed by atoms with Crippen molar-refractivity contribution < 1.29 is 4.79 Å². The van der Waals surface area contributed by atoms with Gasteiger partial charge in [0.25, 0.3) is 0 Å². The molecule has 0 spiro atoms. The number of fused-ring (bicyclic) bond motifs is 3. The number of rotatable bonds is 1. The Hall–Kier alpha value is -2.56. The zero-order chi connectivity index (χ0) is 12.5. The molecule has 5 heteroatoms. The van der Waals surface area contributed by atoms with E-state index in [1.54, 1.807) is 24.7 Å². The Labute approximate surface area is 103 Å². The van der Waals surface area contributed by atoms with Crippen LogP contribution in [0, 0.1) is 0 Å². The zero-order valence-corrected chi connectivity index (χ0v) is 9.50. The third-order valence-corrected chi connectivity index (χ3v) is 2.93. The van der Waals surface area contributed by atoms with Gasteiger partial charge in [0.15, 0.2) is 0 Å². The smallest absolute Gasteiger partial charge is 0.244 e. The Kier molecular flexibility index (Phi) is 2.37. The average Bonchev–Trinajstić information content (AvgIpc) is 2.57. The summed E-state index contributed by atoms with van der Waals surface area (Å²) in [5.41, 5.74) is 9.49. The van der Waals surface area contributed by atoms with Crippen molar-refractivity contribution in [2.24, 2.45) is 10.7 Å².